The molecule has 3 rings (SSSR count). The molecule has 0 spiro atoms. The monoisotopic (exact) mass is 250 g/mol. The van der Waals surface area contributed by atoms with Gasteiger partial charge in [-0.15, -0.1) is 0 Å². The second-order valence-corrected chi connectivity index (χ2v) is 4.18. The Hall–Kier alpha value is -1.73. The van der Waals surface area contributed by atoms with E-state index in [0.29, 0.717) is 24.9 Å². The van der Waals surface area contributed by atoms with Gasteiger partial charge in [0, 0.05) is 18.7 Å². The molecule has 18 heavy (non-hydrogen) atoms. The van der Waals surface area contributed by atoms with Gasteiger partial charge >= 0.3 is 0 Å². The lowest BCUT2D eigenvalue weighted by Gasteiger charge is -2.00. The molecule has 0 amide bonds. The van der Waals surface area contributed by atoms with E-state index in [-0.39, 0.29) is 12.5 Å². The summed E-state index contributed by atoms with van der Waals surface area (Å²) in [5.74, 6) is 1.33. The van der Waals surface area contributed by atoms with Gasteiger partial charge in [-0.05, 0) is 12.5 Å². The molecule has 0 saturated carbocycles. The van der Waals surface area contributed by atoms with Crippen LogP contribution < -0.4 is 0 Å². The van der Waals surface area contributed by atoms with Gasteiger partial charge in [0.15, 0.2) is 5.82 Å². The van der Waals surface area contributed by atoms with Crippen molar-refractivity contribution in [3.05, 3.63) is 18.1 Å². The molecule has 7 heteroatoms. The summed E-state index contributed by atoms with van der Waals surface area (Å²) < 4.78 is 12.2. The third-order valence-corrected chi connectivity index (χ3v) is 2.98. The first-order chi connectivity index (χ1) is 8.88. The van der Waals surface area contributed by atoms with E-state index in [1.165, 1.54) is 0 Å². The van der Waals surface area contributed by atoms with Crippen molar-refractivity contribution in [2.45, 2.75) is 18.9 Å². The second-order valence-electron chi connectivity index (χ2n) is 4.18. The summed E-state index contributed by atoms with van der Waals surface area (Å²) in [6, 6.07) is 1.79. The first kappa shape index (κ1) is 11.4. The summed E-state index contributed by atoms with van der Waals surface area (Å²) in [4.78, 5) is 4.38. The van der Waals surface area contributed by atoms with Crippen LogP contribution in [0.25, 0.3) is 11.6 Å². The van der Waals surface area contributed by atoms with Crippen molar-refractivity contribution in [2.24, 2.45) is 0 Å². The Kier molecular flexibility index (Phi) is 3.07. The molecule has 2 aromatic heterocycles. The topological polar surface area (TPSA) is 86.2 Å². The fourth-order valence-electron chi connectivity index (χ4n) is 2.03. The van der Waals surface area contributed by atoms with Gasteiger partial charge in [0.1, 0.15) is 5.69 Å². The van der Waals surface area contributed by atoms with E-state index >= 15 is 0 Å². The van der Waals surface area contributed by atoms with Crippen LogP contribution in [0.3, 0.4) is 0 Å². The average Bonchev–Trinajstić information content (AvgIpc) is 3.10. The third-order valence-electron chi connectivity index (χ3n) is 2.98. The van der Waals surface area contributed by atoms with Crippen LogP contribution in [0.4, 0.5) is 0 Å². The van der Waals surface area contributed by atoms with Crippen molar-refractivity contribution >= 4 is 0 Å². The number of hydrogen-bond acceptors (Lipinski definition) is 6. The molecule has 1 aliphatic rings. The molecule has 3 heterocycles. The predicted octanol–water partition coefficient (Wildman–Crippen LogP) is 0.429. The maximum atomic E-state index is 8.94. The van der Waals surface area contributed by atoms with Crippen molar-refractivity contribution < 1.29 is 14.4 Å². The van der Waals surface area contributed by atoms with Gasteiger partial charge in [0.05, 0.1) is 19.8 Å². The molecule has 2 aromatic rings. The van der Waals surface area contributed by atoms with Crippen LogP contribution in [0.2, 0.25) is 0 Å². The fourth-order valence-corrected chi connectivity index (χ4v) is 2.03. The van der Waals surface area contributed by atoms with Gasteiger partial charge in [-0.25, -0.2) is 0 Å². The average molecular weight is 250 g/mol. The van der Waals surface area contributed by atoms with Gasteiger partial charge in [-0.1, -0.05) is 5.16 Å². The molecule has 7 nitrogen and oxygen atoms in total. The van der Waals surface area contributed by atoms with Crippen LogP contribution in [0.1, 0.15) is 18.2 Å². The SMILES string of the molecule is OCCn1nccc1-c1nc([C@@H]2CCOC2)no1. The molecular formula is C11H14N4O3. The molecule has 0 unspecified atom stereocenters. The minimum absolute atomic E-state index is 0.0200. The Bertz CT molecular complexity index is 516. The number of aliphatic hydroxyl groups is 1. The number of hydrogen-bond donors (Lipinski definition) is 1. The number of aromatic nitrogens is 4. The first-order valence-electron chi connectivity index (χ1n) is 5.93. The van der Waals surface area contributed by atoms with Gasteiger partial charge in [-0.2, -0.15) is 10.1 Å². The van der Waals surface area contributed by atoms with Gasteiger partial charge in [-0.3, -0.25) is 4.68 Å². The highest BCUT2D eigenvalue weighted by atomic mass is 16.5. The molecule has 0 radical (unpaired) electrons. The lowest BCUT2D eigenvalue weighted by Crippen LogP contribution is -2.05. The molecule has 1 atom stereocenters. The molecule has 1 aliphatic heterocycles. The minimum atomic E-state index is 0.0200. The normalized spacial score (nSPS) is 19.5. The highest BCUT2D eigenvalue weighted by Crippen LogP contribution is 2.25. The Balaban J connectivity index is 1.85. The smallest absolute Gasteiger partial charge is 0.276 e. The molecule has 96 valence electrons. The molecule has 1 fully saturated rings. The van der Waals surface area contributed by atoms with Gasteiger partial charge < -0.3 is 14.4 Å². The van der Waals surface area contributed by atoms with E-state index in [2.05, 4.69) is 15.2 Å². The summed E-state index contributed by atoms with van der Waals surface area (Å²) >= 11 is 0. The maximum absolute atomic E-state index is 8.94. The zero-order valence-corrected chi connectivity index (χ0v) is 9.82. The minimum Gasteiger partial charge on any atom is -0.394 e. The van der Waals surface area contributed by atoms with Gasteiger partial charge in [0.2, 0.25) is 0 Å². The van der Waals surface area contributed by atoms with Crippen LogP contribution in [-0.4, -0.2) is 44.8 Å². The predicted molar refractivity (Wildman–Crippen MR) is 60.8 cm³/mol. The molecular weight excluding hydrogens is 236 g/mol. The number of aliphatic hydroxyl groups excluding tert-OH is 1. The van der Waals surface area contributed by atoms with E-state index in [1.807, 2.05) is 0 Å². The summed E-state index contributed by atoms with van der Waals surface area (Å²) in [5.41, 5.74) is 0.724. The standard InChI is InChI=1S/C11H14N4O3/c16-5-4-15-9(1-3-12-15)11-13-10(14-18-11)8-2-6-17-7-8/h1,3,8,16H,2,4-7H2/t8-/m1/s1. The Morgan fingerprint density at radius 3 is 3.22 bits per heavy atom. The Labute approximate surface area is 103 Å². The molecule has 0 aliphatic carbocycles. The molecule has 1 N–H and O–H groups in total. The molecule has 0 bridgehead atoms. The van der Waals surface area contributed by atoms with E-state index < -0.39 is 0 Å². The number of nitrogens with zero attached hydrogens (tertiary/aromatic N) is 4. The van der Waals surface area contributed by atoms with E-state index in [9.17, 15) is 0 Å². The van der Waals surface area contributed by atoms with Gasteiger partial charge in [0.25, 0.3) is 5.89 Å². The van der Waals surface area contributed by atoms with E-state index in [1.54, 1.807) is 16.9 Å². The van der Waals surface area contributed by atoms with Crippen LogP contribution >= 0.6 is 0 Å². The number of ether oxygens (including phenoxy) is 1. The molecule has 1 saturated heterocycles. The highest BCUT2D eigenvalue weighted by molar-refractivity contribution is 5.46. The van der Waals surface area contributed by atoms with Crippen molar-refractivity contribution in [2.75, 3.05) is 19.8 Å². The first-order valence-corrected chi connectivity index (χ1v) is 5.93. The summed E-state index contributed by atoms with van der Waals surface area (Å²) in [6.45, 7) is 1.82. The van der Waals surface area contributed by atoms with Crippen LogP contribution in [-0.2, 0) is 11.3 Å². The summed E-state index contributed by atoms with van der Waals surface area (Å²) in [6.07, 6.45) is 2.57. The highest BCUT2D eigenvalue weighted by Gasteiger charge is 2.24. The maximum Gasteiger partial charge on any atom is 0.276 e. The lowest BCUT2D eigenvalue weighted by molar-refractivity contribution is 0.192. The van der Waals surface area contributed by atoms with Crippen molar-refractivity contribution in [1.82, 2.24) is 19.9 Å². The third kappa shape index (κ3) is 2.02. The second kappa shape index (κ2) is 4.87. The summed E-state index contributed by atoms with van der Waals surface area (Å²) in [7, 11) is 0. The van der Waals surface area contributed by atoms with E-state index in [0.717, 1.165) is 18.7 Å². The lowest BCUT2D eigenvalue weighted by atomic mass is 10.1. The van der Waals surface area contributed by atoms with Crippen molar-refractivity contribution in [3.63, 3.8) is 0 Å². The van der Waals surface area contributed by atoms with Crippen molar-refractivity contribution in [1.29, 1.82) is 0 Å². The van der Waals surface area contributed by atoms with Crippen molar-refractivity contribution in [3.8, 4) is 11.6 Å². The number of rotatable bonds is 4. The van der Waals surface area contributed by atoms with Crippen LogP contribution in [0.5, 0.6) is 0 Å². The zero-order valence-electron chi connectivity index (χ0n) is 9.82. The quantitative estimate of drug-likeness (QED) is 0.846. The van der Waals surface area contributed by atoms with Crippen LogP contribution in [0.15, 0.2) is 16.8 Å². The fraction of sp³-hybridized carbons (Fsp3) is 0.545. The summed E-state index contributed by atoms with van der Waals surface area (Å²) in [5, 5.41) is 17.0. The largest absolute Gasteiger partial charge is 0.394 e. The Morgan fingerprint density at radius 2 is 2.44 bits per heavy atom. The zero-order chi connectivity index (χ0) is 12.4. The van der Waals surface area contributed by atoms with E-state index in [4.69, 9.17) is 14.4 Å². The Morgan fingerprint density at radius 1 is 1.50 bits per heavy atom. The van der Waals surface area contributed by atoms with Crippen LogP contribution in [0, 0.1) is 0 Å². The molecule has 0 aromatic carbocycles.